The van der Waals surface area contributed by atoms with Crippen LogP contribution in [0.25, 0.3) is 0 Å². The molecule has 0 aliphatic heterocycles. The number of allylic oxidation sites excluding steroid dienone is 3. The summed E-state index contributed by atoms with van der Waals surface area (Å²) in [5.41, 5.74) is 0.812. The number of benzene rings is 1. The lowest BCUT2D eigenvalue weighted by Crippen LogP contribution is -2.34. The lowest BCUT2D eigenvalue weighted by Gasteiger charge is -2.45. The fourth-order valence-electron chi connectivity index (χ4n) is 7.32. The molecule has 0 bridgehead atoms. The predicted molar refractivity (Wildman–Crippen MR) is 137 cm³/mol. The summed E-state index contributed by atoms with van der Waals surface area (Å²) in [5.74, 6) is 3.44. The molecule has 3 heteroatoms. The molecule has 0 aromatic heterocycles. The first-order valence-electron chi connectivity index (χ1n) is 13.9. The molecule has 3 aliphatic carbocycles. The summed E-state index contributed by atoms with van der Waals surface area (Å²) in [6.07, 6.45) is 23.9. The molecule has 0 radical (unpaired) electrons. The van der Waals surface area contributed by atoms with E-state index in [1.807, 2.05) is 13.0 Å². The largest absolute Gasteiger partial charge is 0.483 e. The fourth-order valence-corrected chi connectivity index (χ4v) is 7.32. The monoisotopic (exact) mass is 470 g/mol. The van der Waals surface area contributed by atoms with Crippen molar-refractivity contribution in [2.24, 2.45) is 29.6 Å². The molecular formula is C31H44F2O. The highest BCUT2D eigenvalue weighted by Gasteiger charge is 2.38. The van der Waals surface area contributed by atoms with Crippen molar-refractivity contribution in [3.05, 3.63) is 53.6 Å². The van der Waals surface area contributed by atoms with Crippen LogP contribution in [0.4, 0.5) is 8.78 Å². The van der Waals surface area contributed by atoms with E-state index in [9.17, 15) is 8.78 Å². The van der Waals surface area contributed by atoms with Crippen molar-refractivity contribution in [3.63, 3.8) is 0 Å². The maximum absolute atomic E-state index is 14.5. The third kappa shape index (κ3) is 6.32. The maximum atomic E-state index is 14.5. The van der Waals surface area contributed by atoms with E-state index in [0.29, 0.717) is 0 Å². The van der Waals surface area contributed by atoms with Gasteiger partial charge in [0.1, 0.15) is 6.61 Å². The lowest BCUT2D eigenvalue weighted by molar-refractivity contribution is 0.0621. The van der Waals surface area contributed by atoms with Gasteiger partial charge >= 0.3 is 0 Å². The van der Waals surface area contributed by atoms with Crippen LogP contribution >= 0.6 is 0 Å². The van der Waals surface area contributed by atoms with Gasteiger partial charge in [-0.1, -0.05) is 30.7 Å². The van der Waals surface area contributed by atoms with Gasteiger partial charge in [-0.3, -0.25) is 0 Å². The molecule has 3 saturated carbocycles. The van der Waals surface area contributed by atoms with Crippen LogP contribution in [-0.4, -0.2) is 6.61 Å². The molecule has 4 rings (SSSR count). The first kappa shape index (κ1) is 25.5. The van der Waals surface area contributed by atoms with E-state index in [0.717, 1.165) is 48.0 Å². The van der Waals surface area contributed by atoms with Gasteiger partial charge in [-0.15, -0.1) is 0 Å². The molecule has 34 heavy (non-hydrogen) atoms. The Hall–Kier alpha value is -1.64. The van der Waals surface area contributed by atoms with Gasteiger partial charge in [0.2, 0.25) is 0 Å². The Morgan fingerprint density at radius 2 is 1.35 bits per heavy atom. The molecule has 0 heterocycles. The van der Waals surface area contributed by atoms with Crippen LogP contribution < -0.4 is 4.74 Å². The van der Waals surface area contributed by atoms with Crippen molar-refractivity contribution in [3.8, 4) is 5.75 Å². The third-order valence-electron chi connectivity index (χ3n) is 9.23. The number of hydrogen-bond acceptors (Lipinski definition) is 1. The van der Waals surface area contributed by atoms with Gasteiger partial charge in [-0.05, 0) is 138 Å². The average Bonchev–Trinajstić information content (AvgIpc) is 2.85. The Kier molecular flexibility index (Phi) is 9.25. The minimum atomic E-state index is -0.568. The van der Waals surface area contributed by atoms with Gasteiger partial charge in [-0.25, -0.2) is 8.78 Å². The molecule has 0 amide bonds. The van der Waals surface area contributed by atoms with Crippen LogP contribution in [0.2, 0.25) is 0 Å². The Labute approximate surface area is 206 Å². The van der Waals surface area contributed by atoms with Gasteiger partial charge in [0, 0.05) is 0 Å². The van der Waals surface area contributed by atoms with Crippen LogP contribution in [0.1, 0.15) is 102 Å². The fraction of sp³-hybridized carbons (Fsp3) is 0.677. The van der Waals surface area contributed by atoms with Gasteiger partial charge in [0.25, 0.3) is 0 Å². The first-order chi connectivity index (χ1) is 16.6. The molecule has 2 unspecified atom stereocenters. The van der Waals surface area contributed by atoms with Crippen molar-refractivity contribution in [1.29, 1.82) is 0 Å². The summed E-state index contributed by atoms with van der Waals surface area (Å²) in [6, 6.07) is 3.03. The number of hydrogen-bond donors (Lipinski definition) is 0. The van der Waals surface area contributed by atoms with Gasteiger partial charge in [-0.2, -0.15) is 0 Å². The molecule has 0 N–H and O–H groups in total. The molecular weight excluding hydrogens is 426 g/mol. The zero-order valence-electron chi connectivity index (χ0n) is 21.3. The van der Waals surface area contributed by atoms with Gasteiger partial charge in [0.15, 0.2) is 17.4 Å². The highest BCUT2D eigenvalue weighted by molar-refractivity contribution is 5.33. The highest BCUT2D eigenvalue weighted by Crippen LogP contribution is 2.50. The first-order valence-corrected chi connectivity index (χ1v) is 13.9. The van der Waals surface area contributed by atoms with Crippen molar-refractivity contribution in [2.45, 2.75) is 96.8 Å². The minimum absolute atomic E-state index is 0.189. The molecule has 1 aromatic rings. The molecule has 188 valence electrons. The number of ether oxygens (including phenoxy) is 1. The van der Waals surface area contributed by atoms with Gasteiger partial charge in [0.05, 0.1) is 0 Å². The average molecular weight is 471 g/mol. The molecule has 0 saturated heterocycles. The SMILES string of the molecule is C/C=C/CCC1CCC2C[C@H](C3CCC(c4cc(F)c(OC/C=C/C)c(F)c4)CC3)CC[C@@H]2C1. The molecule has 0 spiro atoms. The maximum Gasteiger partial charge on any atom is 0.191 e. The second-order valence-electron chi connectivity index (χ2n) is 11.2. The van der Waals surface area contributed by atoms with E-state index >= 15 is 0 Å². The summed E-state index contributed by atoms with van der Waals surface area (Å²) in [7, 11) is 0. The number of rotatable bonds is 8. The van der Waals surface area contributed by atoms with E-state index in [1.165, 1.54) is 76.3 Å². The van der Waals surface area contributed by atoms with E-state index in [2.05, 4.69) is 19.1 Å². The molecule has 1 nitrogen and oxygen atoms in total. The Morgan fingerprint density at radius 3 is 2.03 bits per heavy atom. The highest BCUT2D eigenvalue weighted by atomic mass is 19.1. The number of halogens is 2. The van der Waals surface area contributed by atoms with Crippen molar-refractivity contribution >= 4 is 0 Å². The predicted octanol–water partition coefficient (Wildman–Crippen LogP) is 9.38. The van der Waals surface area contributed by atoms with Crippen molar-refractivity contribution < 1.29 is 13.5 Å². The standard InChI is InChI=1S/C31H44F2O/c1-3-5-7-8-22-9-10-27-19-26(16-15-25(27)18-22)23-11-13-24(14-12-23)28-20-29(32)31(30(33)21-28)34-17-6-4-2/h3-6,20-27H,7-19H2,1-2H3/b5-3+,6-4+/t22?,23?,24?,25-,26-,27?/m1/s1. The van der Waals surface area contributed by atoms with Crippen LogP contribution in [0.3, 0.4) is 0 Å². The summed E-state index contributed by atoms with van der Waals surface area (Å²) in [6.45, 7) is 4.18. The third-order valence-corrected chi connectivity index (χ3v) is 9.23. The van der Waals surface area contributed by atoms with Crippen LogP contribution in [0, 0.1) is 41.2 Å². The van der Waals surface area contributed by atoms with E-state index < -0.39 is 11.6 Å². The normalized spacial score (nSPS) is 32.2. The minimum Gasteiger partial charge on any atom is -0.483 e. The van der Waals surface area contributed by atoms with Crippen molar-refractivity contribution in [2.75, 3.05) is 6.61 Å². The zero-order valence-corrected chi connectivity index (χ0v) is 21.3. The molecule has 3 aliphatic rings. The summed E-state index contributed by atoms with van der Waals surface area (Å²) in [5, 5.41) is 0. The molecule has 4 atom stereocenters. The zero-order chi connectivity index (χ0) is 23.9. The second kappa shape index (κ2) is 12.4. The van der Waals surface area contributed by atoms with Crippen molar-refractivity contribution in [1.82, 2.24) is 0 Å². The van der Waals surface area contributed by atoms with E-state index in [4.69, 9.17) is 4.74 Å². The topological polar surface area (TPSA) is 9.23 Å². The smallest absolute Gasteiger partial charge is 0.191 e. The Bertz CT molecular complexity index is 813. The number of fused-ring (bicyclic) bond motifs is 1. The summed E-state index contributed by atoms with van der Waals surface area (Å²) >= 11 is 0. The van der Waals surface area contributed by atoms with Crippen LogP contribution in [-0.2, 0) is 0 Å². The lowest BCUT2D eigenvalue weighted by atomic mass is 9.60. The van der Waals surface area contributed by atoms with Crippen LogP contribution in [0.15, 0.2) is 36.4 Å². The Morgan fingerprint density at radius 1 is 0.765 bits per heavy atom. The van der Waals surface area contributed by atoms with Gasteiger partial charge < -0.3 is 4.74 Å². The quantitative estimate of drug-likeness (QED) is 0.344. The summed E-state index contributed by atoms with van der Waals surface area (Å²) in [4.78, 5) is 0. The second-order valence-corrected chi connectivity index (χ2v) is 11.2. The Balaban J connectivity index is 1.26. The molecule has 1 aromatic carbocycles. The van der Waals surface area contributed by atoms with E-state index in [1.54, 1.807) is 6.08 Å². The summed E-state index contributed by atoms with van der Waals surface area (Å²) < 4.78 is 34.4. The van der Waals surface area contributed by atoms with E-state index in [-0.39, 0.29) is 18.3 Å². The molecule has 3 fully saturated rings. The van der Waals surface area contributed by atoms with Crippen LogP contribution in [0.5, 0.6) is 5.75 Å².